The molecular weight excluding hydrogens is 508 g/mol. The highest BCUT2D eigenvalue weighted by molar-refractivity contribution is 9.10. The first-order valence-corrected chi connectivity index (χ1v) is 12.4. The fourth-order valence-electron chi connectivity index (χ4n) is 4.09. The van der Waals surface area contributed by atoms with Crippen LogP contribution in [0.3, 0.4) is 0 Å². The minimum absolute atomic E-state index is 0.297. The number of hydrogen-bond acceptors (Lipinski definition) is 4. The molecule has 4 aromatic rings. The molecule has 0 fully saturated rings. The Labute approximate surface area is 213 Å². The number of benzene rings is 3. The van der Waals surface area contributed by atoms with Crippen molar-refractivity contribution in [1.29, 1.82) is 0 Å². The number of hydrogen-bond donors (Lipinski definition) is 1. The van der Waals surface area contributed by atoms with Gasteiger partial charge in [-0.25, -0.2) is 9.59 Å². The van der Waals surface area contributed by atoms with Gasteiger partial charge in [0, 0.05) is 28.5 Å². The van der Waals surface area contributed by atoms with E-state index in [0.717, 1.165) is 37.3 Å². The first kappa shape index (κ1) is 24.8. The molecule has 3 aromatic carbocycles. The zero-order chi connectivity index (χ0) is 25.2. The molecule has 1 N–H and O–H groups in total. The Morgan fingerprint density at radius 3 is 2.51 bits per heavy atom. The number of alkyl carbamates (subject to hydrolysis) is 1. The van der Waals surface area contributed by atoms with Crippen molar-refractivity contribution in [2.45, 2.75) is 46.4 Å². The van der Waals surface area contributed by atoms with Gasteiger partial charge in [-0.05, 0) is 73.9 Å². The quantitative estimate of drug-likeness (QED) is 0.275. The smallest absolute Gasteiger partial charge is 0.407 e. The number of esters is 1. The van der Waals surface area contributed by atoms with Crippen LogP contribution < -0.4 is 5.32 Å². The summed E-state index contributed by atoms with van der Waals surface area (Å²) in [4.78, 5) is 25.0. The average molecular weight is 537 g/mol. The third kappa shape index (κ3) is 5.85. The summed E-state index contributed by atoms with van der Waals surface area (Å²) in [5.41, 5.74) is 2.79. The van der Waals surface area contributed by atoms with Crippen molar-refractivity contribution in [3.63, 3.8) is 0 Å². The second-order valence-corrected chi connectivity index (χ2v) is 10.3. The van der Waals surface area contributed by atoms with Gasteiger partial charge in [0.15, 0.2) is 0 Å². The van der Waals surface area contributed by atoms with Gasteiger partial charge in [0.2, 0.25) is 0 Å². The standard InChI is InChI=1S/C28H29BrN2O4/c1-5-34-26(32)25-15-20-11-10-18(16-30-27(33)35-28(2,3)4)12-24(20)31(25)17-21-14-22(29)13-19-8-6-7-9-23(19)21/h6-15H,5,16-17H2,1-4H3,(H,30,33). The molecule has 6 nitrogen and oxygen atoms in total. The van der Waals surface area contributed by atoms with Crippen LogP contribution in [0.15, 0.2) is 65.1 Å². The molecule has 0 radical (unpaired) electrons. The van der Waals surface area contributed by atoms with E-state index < -0.39 is 11.7 Å². The molecule has 0 atom stereocenters. The molecule has 7 heteroatoms. The minimum Gasteiger partial charge on any atom is -0.461 e. The van der Waals surface area contributed by atoms with E-state index in [1.807, 2.05) is 61.7 Å². The second-order valence-electron chi connectivity index (χ2n) is 9.37. The van der Waals surface area contributed by atoms with Gasteiger partial charge in [-0.3, -0.25) is 0 Å². The monoisotopic (exact) mass is 536 g/mol. The van der Waals surface area contributed by atoms with Crippen molar-refractivity contribution in [1.82, 2.24) is 9.88 Å². The number of nitrogens with one attached hydrogen (secondary N) is 1. The van der Waals surface area contributed by atoms with Crippen LogP contribution in [0.4, 0.5) is 4.79 Å². The molecule has 0 unspecified atom stereocenters. The Morgan fingerprint density at radius 2 is 1.77 bits per heavy atom. The van der Waals surface area contributed by atoms with Gasteiger partial charge in [0.1, 0.15) is 11.3 Å². The topological polar surface area (TPSA) is 69.6 Å². The van der Waals surface area contributed by atoms with Crippen molar-refractivity contribution >= 4 is 49.7 Å². The Bertz CT molecular complexity index is 1400. The summed E-state index contributed by atoms with van der Waals surface area (Å²) in [6, 6.07) is 20.1. The van der Waals surface area contributed by atoms with Crippen LogP contribution in [-0.2, 0) is 22.6 Å². The van der Waals surface area contributed by atoms with Crippen LogP contribution in [-0.4, -0.2) is 28.8 Å². The van der Waals surface area contributed by atoms with Gasteiger partial charge in [0.25, 0.3) is 0 Å². The predicted octanol–water partition coefficient (Wildman–Crippen LogP) is 6.81. The molecule has 35 heavy (non-hydrogen) atoms. The van der Waals surface area contributed by atoms with E-state index in [2.05, 4.69) is 45.5 Å². The average Bonchev–Trinajstić information content (AvgIpc) is 3.14. The Morgan fingerprint density at radius 1 is 1.00 bits per heavy atom. The lowest BCUT2D eigenvalue weighted by Crippen LogP contribution is -2.32. The normalized spacial score (nSPS) is 11.6. The number of aromatic nitrogens is 1. The molecular formula is C28H29BrN2O4. The largest absolute Gasteiger partial charge is 0.461 e. The predicted molar refractivity (Wildman–Crippen MR) is 142 cm³/mol. The minimum atomic E-state index is -0.565. The van der Waals surface area contributed by atoms with Crippen molar-refractivity contribution in [2.24, 2.45) is 0 Å². The number of amides is 1. The van der Waals surface area contributed by atoms with E-state index in [9.17, 15) is 9.59 Å². The summed E-state index contributed by atoms with van der Waals surface area (Å²) in [7, 11) is 0. The van der Waals surface area contributed by atoms with Gasteiger partial charge < -0.3 is 19.4 Å². The number of ether oxygens (including phenoxy) is 2. The van der Waals surface area contributed by atoms with Crippen LogP contribution in [0, 0.1) is 0 Å². The summed E-state index contributed by atoms with van der Waals surface area (Å²) in [5.74, 6) is -0.364. The van der Waals surface area contributed by atoms with E-state index in [4.69, 9.17) is 9.47 Å². The second kappa shape index (κ2) is 10.1. The fourth-order valence-corrected chi connectivity index (χ4v) is 4.62. The third-order valence-corrected chi connectivity index (χ3v) is 5.99. The van der Waals surface area contributed by atoms with Crippen LogP contribution in [0.5, 0.6) is 0 Å². The maximum absolute atomic E-state index is 12.9. The summed E-state index contributed by atoms with van der Waals surface area (Å²) in [6.45, 7) is 8.37. The summed E-state index contributed by atoms with van der Waals surface area (Å²) in [6.07, 6.45) is -0.471. The highest BCUT2D eigenvalue weighted by atomic mass is 79.9. The van der Waals surface area contributed by atoms with E-state index in [0.29, 0.717) is 25.4 Å². The van der Waals surface area contributed by atoms with Gasteiger partial charge >= 0.3 is 12.1 Å². The van der Waals surface area contributed by atoms with Crippen LogP contribution >= 0.6 is 15.9 Å². The van der Waals surface area contributed by atoms with Gasteiger partial charge in [-0.1, -0.05) is 52.3 Å². The molecule has 0 spiro atoms. The number of carbonyl (C=O) groups is 2. The lowest BCUT2D eigenvalue weighted by Gasteiger charge is -2.19. The van der Waals surface area contributed by atoms with Gasteiger partial charge in [0.05, 0.1) is 6.61 Å². The number of nitrogens with zero attached hydrogens (tertiary/aromatic N) is 1. The van der Waals surface area contributed by atoms with E-state index in [-0.39, 0.29) is 5.97 Å². The molecule has 4 rings (SSSR count). The SMILES string of the molecule is CCOC(=O)c1cc2ccc(CNC(=O)OC(C)(C)C)cc2n1Cc1cc(Br)cc2ccccc12. The summed E-state index contributed by atoms with van der Waals surface area (Å²) < 4.78 is 13.7. The van der Waals surface area contributed by atoms with E-state index >= 15 is 0 Å². The molecule has 0 aliphatic rings. The molecule has 182 valence electrons. The molecule has 1 heterocycles. The molecule has 0 saturated heterocycles. The van der Waals surface area contributed by atoms with Crippen LogP contribution in [0.2, 0.25) is 0 Å². The fraction of sp³-hybridized carbons (Fsp3) is 0.286. The molecule has 0 bridgehead atoms. The zero-order valence-electron chi connectivity index (χ0n) is 20.4. The lowest BCUT2D eigenvalue weighted by molar-refractivity contribution is 0.0508. The zero-order valence-corrected chi connectivity index (χ0v) is 21.9. The summed E-state index contributed by atoms with van der Waals surface area (Å²) >= 11 is 3.62. The first-order chi connectivity index (χ1) is 16.6. The third-order valence-electron chi connectivity index (χ3n) is 5.53. The Kier molecular flexibility index (Phi) is 7.17. The first-order valence-electron chi connectivity index (χ1n) is 11.6. The highest BCUT2D eigenvalue weighted by Gasteiger charge is 2.19. The number of carbonyl (C=O) groups excluding carboxylic acids is 2. The van der Waals surface area contributed by atoms with Crippen molar-refractivity contribution in [3.8, 4) is 0 Å². The summed E-state index contributed by atoms with van der Waals surface area (Å²) in [5, 5.41) is 5.97. The maximum atomic E-state index is 12.9. The van der Waals surface area contributed by atoms with Crippen molar-refractivity contribution in [2.75, 3.05) is 6.61 Å². The van der Waals surface area contributed by atoms with Crippen molar-refractivity contribution in [3.05, 3.63) is 82.0 Å². The molecule has 1 amide bonds. The number of rotatable bonds is 6. The lowest BCUT2D eigenvalue weighted by atomic mass is 10.0. The van der Waals surface area contributed by atoms with E-state index in [1.54, 1.807) is 6.92 Å². The Hall–Kier alpha value is -3.32. The molecule has 1 aromatic heterocycles. The highest BCUT2D eigenvalue weighted by Crippen LogP contribution is 2.29. The number of fused-ring (bicyclic) bond motifs is 2. The molecule has 0 aliphatic carbocycles. The van der Waals surface area contributed by atoms with Gasteiger partial charge in [-0.15, -0.1) is 0 Å². The molecule has 0 saturated carbocycles. The Balaban J connectivity index is 1.74. The van der Waals surface area contributed by atoms with Gasteiger partial charge in [-0.2, -0.15) is 0 Å². The van der Waals surface area contributed by atoms with Crippen molar-refractivity contribution < 1.29 is 19.1 Å². The molecule has 0 aliphatic heterocycles. The maximum Gasteiger partial charge on any atom is 0.407 e. The van der Waals surface area contributed by atoms with E-state index in [1.165, 1.54) is 0 Å². The number of halogens is 1. The van der Waals surface area contributed by atoms with Crippen LogP contribution in [0.1, 0.15) is 49.3 Å². The van der Waals surface area contributed by atoms with Crippen LogP contribution in [0.25, 0.3) is 21.7 Å².